The summed E-state index contributed by atoms with van der Waals surface area (Å²) >= 11 is 1.64. The van der Waals surface area contributed by atoms with Crippen LogP contribution < -0.4 is 5.32 Å². The Morgan fingerprint density at radius 3 is 2.80 bits per heavy atom. The highest BCUT2D eigenvalue weighted by atomic mass is 32.1. The molecule has 2 unspecified atom stereocenters. The van der Waals surface area contributed by atoms with Gasteiger partial charge in [-0.1, -0.05) is 0 Å². The Bertz CT molecular complexity index is 389. The second-order valence-corrected chi connectivity index (χ2v) is 5.29. The molecule has 0 radical (unpaired) electrons. The fourth-order valence-electron chi connectivity index (χ4n) is 2.11. The van der Waals surface area contributed by atoms with Gasteiger partial charge in [-0.3, -0.25) is 4.79 Å². The molecule has 1 aromatic rings. The summed E-state index contributed by atoms with van der Waals surface area (Å²) in [6.07, 6.45) is 0. The van der Waals surface area contributed by atoms with Crippen molar-refractivity contribution >= 4 is 17.3 Å². The van der Waals surface area contributed by atoms with Gasteiger partial charge in [0.1, 0.15) is 0 Å². The van der Waals surface area contributed by atoms with E-state index in [0.29, 0.717) is 6.54 Å². The van der Waals surface area contributed by atoms with Gasteiger partial charge in [-0.15, -0.1) is 11.3 Å². The van der Waals surface area contributed by atoms with Crippen molar-refractivity contribution in [1.82, 2.24) is 10.3 Å². The lowest BCUT2D eigenvalue weighted by molar-refractivity contribution is -0.141. The number of thiazole rings is 1. The summed E-state index contributed by atoms with van der Waals surface area (Å²) in [5, 5.41) is 13.2. The molecule has 1 aliphatic heterocycles. The molecular formula is C10H14N2O2S. The quantitative estimate of drug-likeness (QED) is 0.794. The fourth-order valence-corrected chi connectivity index (χ4v) is 3.00. The molecule has 82 valence electrons. The van der Waals surface area contributed by atoms with E-state index in [0.717, 1.165) is 22.1 Å². The van der Waals surface area contributed by atoms with Crippen LogP contribution in [0.25, 0.3) is 0 Å². The van der Waals surface area contributed by atoms with Gasteiger partial charge in [0.2, 0.25) is 0 Å². The Hall–Kier alpha value is -0.940. The van der Waals surface area contributed by atoms with E-state index >= 15 is 0 Å². The lowest BCUT2D eigenvalue weighted by atomic mass is 9.92. The van der Waals surface area contributed by atoms with Crippen LogP contribution in [0, 0.1) is 19.8 Å². The van der Waals surface area contributed by atoms with E-state index in [1.807, 2.05) is 13.8 Å². The van der Waals surface area contributed by atoms with E-state index in [2.05, 4.69) is 10.3 Å². The Labute approximate surface area is 92.3 Å². The van der Waals surface area contributed by atoms with Crippen LogP contribution in [0.3, 0.4) is 0 Å². The van der Waals surface area contributed by atoms with Gasteiger partial charge in [0.15, 0.2) is 0 Å². The first-order valence-electron chi connectivity index (χ1n) is 4.97. The second-order valence-electron chi connectivity index (χ2n) is 3.88. The first kappa shape index (κ1) is 10.6. The van der Waals surface area contributed by atoms with Crippen LogP contribution in [0.2, 0.25) is 0 Å². The number of aromatic nitrogens is 1. The summed E-state index contributed by atoms with van der Waals surface area (Å²) in [5.74, 6) is -1.02. The first-order valence-corrected chi connectivity index (χ1v) is 5.78. The van der Waals surface area contributed by atoms with Crippen molar-refractivity contribution in [2.45, 2.75) is 19.8 Å². The predicted molar refractivity (Wildman–Crippen MR) is 58.3 cm³/mol. The van der Waals surface area contributed by atoms with Crippen molar-refractivity contribution in [3.8, 4) is 0 Å². The zero-order valence-corrected chi connectivity index (χ0v) is 9.60. The first-order chi connectivity index (χ1) is 7.09. The van der Waals surface area contributed by atoms with Crippen molar-refractivity contribution in [2.24, 2.45) is 5.92 Å². The molecule has 0 bridgehead atoms. The van der Waals surface area contributed by atoms with E-state index < -0.39 is 5.97 Å². The third-order valence-corrected chi connectivity index (χ3v) is 3.72. The Morgan fingerprint density at radius 1 is 1.53 bits per heavy atom. The molecular weight excluding hydrogens is 212 g/mol. The molecule has 15 heavy (non-hydrogen) atoms. The minimum absolute atomic E-state index is 0.0347. The lowest BCUT2D eigenvalue weighted by Gasteiger charge is -2.12. The molecule has 1 aliphatic rings. The minimum atomic E-state index is -0.727. The maximum Gasteiger partial charge on any atom is 0.308 e. The van der Waals surface area contributed by atoms with Crippen LogP contribution in [-0.2, 0) is 4.79 Å². The molecule has 0 aliphatic carbocycles. The number of carboxylic acids is 1. The highest BCUT2D eigenvalue weighted by Gasteiger charge is 2.36. The standard InChI is InChI=1S/C10H14N2O2S/c1-5-9(12-6(2)15-5)7-3-11-4-8(7)10(13)14/h7-8,11H,3-4H2,1-2H3,(H,13,14). The van der Waals surface area contributed by atoms with Crippen LogP contribution >= 0.6 is 11.3 Å². The van der Waals surface area contributed by atoms with Crippen molar-refractivity contribution in [3.63, 3.8) is 0 Å². The van der Waals surface area contributed by atoms with Gasteiger partial charge < -0.3 is 10.4 Å². The Kier molecular flexibility index (Phi) is 2.75. The van der Waals surface area contributed by atoms with Gasteiger partial charge in [0.25, 0.3) is 0 Å². The fraction of sp³-hybridized carbons (Fsp3) is 0.600. The number of hydrogen-bond acceptors (Lipinski definition) is 4. The molecule has 1 fully saturated rings. The van der Waals surface area contributed by atoms with Gasteiger partial charge in [-0.05, 0) is 13.8 Å². The normalized spacial score (nSPS) is 25.7. The van der Waals surface area contributed by atoms with Gasteiger partial charge in [0, 0.05) is 23.9 Å². The monoisotopic (exact) mass is 226 g/mol. The number of nitrogens with zero attached hydrogens (tertiary/aromatic N) is 1. The number of aliphatic carboxylic acids is 1. The SMILES string of the molecule is Cc1nc(C2CNCC2C(=O)O)c(C)s1. The molecule has 1 aromatic heterocycles. The van der Waals surface area contributed by atoms with Crippen molar-refractivity contribution in [1.29, 1.82) is 0 Å². The smallest absolute Gasteiger partial charge is 0.308 e. The van der Waals surface area contributed by atoms with Crippen LogP contribution in [0.4, 0.5) is 0 Å². The van der Waals surface area contributed by atoms with E-state index in [4.69, 9.17) is 5.11 Å². The topological polar surface area (TPSA) is 62.2 Å². The maximum atomic E-state index is 11.0. The van der Waals surface area contributed by atoms with E-state index in [1.54, 1.807) is 11.3 Å². The van der Waals surface area contributed by atoms with Crippen LogP contribution in [0.15, 0.2) is 0 Å². The van der Waals surface area contributed by atoms with E-state index in [9.17, 15) is 4.79 Å². The average molecular weight is 226 g/mol. The van der Waals surface area contributed by atoms with E-state index in [1.165, 1.54) is 0 Å². The van der Waals surface area contributed by atoms with Crippen molar-refractivity contribution in [2.75, 3.05) is 13.1 Å². The van der Waals surface area contributed by atoms with Crippen molar-refractivity contribution < 1.29 is 9.90 Å². The highest BCUT2D eigenvalue weighted by molar-refractivity contribution is 7.11. The molecule has 2 N–H and O–H groups in total. The third-order valence-electron chi connectivity index (χ3n) is 2.82. The summed E-state index contributed by atoms with van der Waals surface area (Å²) in [6, 6.07) is 0. The molecule has 2 rings (SSSR count). The molecule has 0 amide bonds. The van der Waals surface area contributed by atoms with Crippen molar-refractivity contribution in [3.05, 3.63) is 15.6 Å². The highest BCUT2D eigenvalue weighted by Crippen LogP contribution is 2.32. The third kappa shape index (κ3) is 1.89. The predicted octanol–water partition coefficient (Wildman–Crippen LogP) is 1.15. The number of rotatable bonds is 2. The molecule has 0 spiro atoms. The summed E-state index contributed by atoms with van der Waals surface area (Å²) < 4.78 is 0. The summed E-state index contributed by atoms with van der Waals surface area (Å²) in [5.41, 5.74) is 0.968. The average Bonchev–Trinajstić information content (AvgIpc) is 2.71. The molecule has 1 saturated heterocycles. The van der Waals surface area contributed by atoms with E-state index in [-0.39, 0.29) is 11.8 Å². The molecule has 0 saturated carbocycles. The summed E-state index contributed by atoms with van der Waals surface area (Å²) in [6.45, 7) is 5.24. The Morgan fingerprint density at radius 2 is 2.27 bits per heavy atom. The number of hydrogen-bond donors (Lipinski definition) is 2. The van der Waals surface area contributed by atoms with Crippen LogP contribution in [0.5, 0.6) is 0 Å². The van der Waals surface area contributed by atoms with Gasteiger partial charge in [0.05, 0.1) is 16.6 Å². The zero-order chi connectivity index (χ0) is 11.0. The number of aryl methyl sites for hydroxylation is 2. The Balaban J connectivity index is 2.30. The maximum absolute atomic E-state index is 11.0. The molecule has 2 atom stereocenters. The summed E-state index contributed by atoms with van der Waals surface area (Å²) in [7, 11) is 0. The summed E-state index contributed by atoms with van der Waals surface area (Å²) in [4.78, 5) is 16.6. The second kappa shape index (κ2) is 3.90. The van der Waals surface area contributed by atoms with Gasteiger partial charge in [-0.25, -0.2) is 4.98 Å². The molecule has 5 heteroatoms. The number of carbonyl (C=O) groups is 1. The molecule has 4 nitrogen and oxygen atoms in total. The number of carboxylic acid groups (broad SMARTS) is 1. The minimum Gasteiger partial charge on any atom is -0.481 e. The lowest BCUT2D eigenvalue weighted by Crippen LogP contribution is -2.21. The largest absolute Gasteiger partial charge is 0.481 e. The van der Waals surface area contributed by atoms with Crippen LogP contribution in [-0.4, -0.2) is 29.1 Å². The van der Waals surface area contributed by atoms with Crippen LogP contribution in [0.1, 0.15) is 21.5 Å². The van der Waals surface area contributed by atoms with Gasteiger partial charge >= 0.3 is 5.97 Å². The molecule has 2 heterocycles. The zero-order valence-electron chi connectivity index (χ0n) is 8.78. The number of nitrogens with one attached hydrogen (secondary N) is 1. The molecule has 0 aromatic carbocycles. The van der Waals surface area contributed by atoms with Gasteiger partial charge in [-0.2, -0.15) is 0 Å².